The number of rotatable bonds is 8. The molecule has 0 unspecified atom stereocenters. The van der Waals surface area contributed by atoms with Crippen molar-refractivity contribution in [2.45, 2.75) is 26.4 Å². The average Bonchev–Trinajstić information content (AvgIpc) is 2.94. The van der Waals surface area contributed by atoms with E-state index in [9.17, 15) is 0 Å². The quantitative estimate of drug-likeness (QED) is 0.736. The van der Waals surface area contributed by atoms with E-state index in [0.29, 0.717) is 6.61 Å². The standard InChI is InChI=1S/C17H21NOS/c1-3-10-19-16-7-5-14(6-8-16)12-18-13-17-15(4-2)9-11-20-17/h3,5-9,11,18H,1,4,10,12-13H2,2H3. The first-order valence-electron chi connectivity index (χ1n) is 6.92. The average molecular weight is 287 g/mol. The topological polar surface area (TPSA) is 21.3 Å². The number of thiophene rings is 1. The van der Waals surface area contributed by atoms with E-state index in [-0.39, 0.29) is 0 Å². The van der Waals surface area contributed by atoms with Crippen LogP contribution in [0.5, 0.6) is 5.75 Å². The van der Waals surface area contributed by atoms with Gasteiger partial charge in [-0.1, -0.05) is 31.7 Å². The number of hydrogen-bond acceptors (Lipinski definition) is 3. The van der Waals surface area contributed by atoms with E-state index in [1.165, 1.54) is 16.0 Å². The zero-order chi connectivity index (χ0) is 14.2. The first-order chi connectivity index (χ1) is 9.83. The van der Waals surface area contributed by atoms with Crippen LogP contribution in [-0.2, 0) is 19.5 Å². The van der Waals surface area contributed by atoms with Crippen LogP contribution in [0.3, 0.4) is 0 Å². The zero-order valence-electron chi connectivity index (χ0n) is 11.9. The van der Waals surface area contributed by atoms with Crippen LogP contribution in [0, 0.1) is 0 Å². The van der Waals surface area contributed by atoms with Gasteiger partial charge >= 0.3 is 0 Å². The Kier molecular flexibility index (Phi) is 5.84. The Morgan fingerprint density at radius 1 is 1.20 bits per heavy atom. The van der Waals surface area contributed by atoms with Crippen molar-refractivity contribution in [2.75, 3.05) is 6.61 Å². The molecule has 0 amide bonds. The summed E-state index contributed by atoms with van der Waals surface area (Å²) >= 11 is 1.83. The van der Waals surface area contributed by atoms with Crippen molar-refractivity contribution in [1.82, 2.24) is 5.32 Å². The molecule has 2 aromatic rings. The first-order valence-corrected chi connectivity index (χ1v) is 7.80. The molecule has 0 aliphatic carbocycles. The summed E-state index contributed by atoms with van der Waals surface area (Å²) in [7, 11) is 0. The number of benzene rings is 1. The van der Waals surface area contributed by atoms with Gasteiger partial charge in [-0.3, -0.25) is 0 Å². The third kappa shape index (κ3) is 4.22. The van der Waals surface area contributed by atoms with Crippen LogP contribution in [0.1, 0.15) is 22.9 Å². The maximum absolute atomic E-state index is 5.47. The Bertz CT molecular complexity index is 530. The number of ether oxygens (including phenoxy) is 1. The Hall–Kier alpha value is -1.58. The number of aryl methyl sites for hydroxylation is 1. The van der Waals surface area contributed by atoms with E-state index in [2.05, 4.69) is 42.4 Å². The van der Waals surface area contributed by atoms with Crippen LogP contribution in [0.2, 0.25) is 0 Å². The minimum Gasteiger partial charge on any atom is -0.490 e. The molecule has 0 spiro atoms. The molecule has 0 atom stereocenters. The van der Waals surface area contributed by atoms with Crippen molar-refractivity contribution in [2.24, 2.45) is 0 Å². The second kappa shape index (κ2) is 7.88. The highest BCUT2D eigenvalue weighted by Gasteiger charge is 2.02. The van der Waals surface area contributed by atoms with E-state index in [1.54, 1.807) is 6.08 Å². The summed E-state index contributed by atoms with van der Waals surface area (Å²) in [4.78, 5) is 1.44. The fraction of sp³-hybridized carbons (Fsp3) is 0.294. The first kappa shape index (κ1) is 14.8. The van der Waals surface area contributed by atoms with Crippen LogP contribution < -0.4 is 10.1 Å². The minimum absolute atomic E-state index is 0.551. The molecule has 3 heteroatoms. The van der Waals surface area contributed by atoms with Gasteiger partial charge in [0.15, 0.2) is 0 Å². The summed E-state index contributed by atoms with van der Waals surface area (Å²) < 4.78 is 5.47. The Morgan fingerprint density at radius 3 is 2.70 bits per heavy atom. The lowest BCUT2D eigenvalue weighted by Crippen LogP contribution is -2.12. The number of nitrogens with one attached hydrogen (secondary N) is 1. The monoisotopic (exact) mass is 287 g/mol. The summed E-state index contributed by atoms with van der Waals surface area (Å²) in [5.41, 5.74) is 2.72. The molecule has 0 bridgehead atoms. The van der Waals surface area contributed by atoms with Gasteiger partial charge in [-0.15, -0.1) is 11.3 Å². The van der Waals surface area contributed by atoms with Crippen molar-refractivity contribution >= 4 is 11.3 Å². The van der Waals surface area contributed by atoms with E-state index in [1.807, 2.05) is 23.5 Å². The highest BCUT2D eigenvalue weighted by atomic mass is 32.1. The van der Waals surface area contributed by atoms with Crippen molar-refractivity contribution in [1.29, 1.82) is 0 Å². The van der Waals surface area contributed by atoms with Gasteiger partial charge in [0.2, 0.25) is 0 Å². The fourth-order valence-corrected chi connectivity index (χ4v) is 2.96. The molecule has 1 heterocycles. The highest BCUT2D eigenvalue weighted by Crippen LogP contribution is 2.17. The lowest BCUT2D eigenvalue weighted by molar-refractivity contribution is 0.363. The lowest BCUT2D eigenvalue weighted by Gasteiger charge is -2.07. The van der Waals surface area contributed by atoms with Crippen molar-refractivity contribution in [3.63, 3.8) is 0 Å². The molecule has 0 aliphatic heterocycles. The Labute approximate surface area is 125 Å². The molecule has 0 aliphatic rings. The summed E-state index contributed by atoms with van der Waals surface area (Å²) in [5.74, 6) is 0.889. The molecule has 106 valence electrons. The Balaban J connectivity index is 1.80. The van der Waals surface area contributed by atoms with Gasteiger partial charge in [0.25, 0.3) is 0 Å². The van der Waals surface area contributed by atoms with E-state index in [4.69, 9.17) is 4.74 Å². The predicted octanol–water partition coefficient (Wildman–Crippen LogP) is 4.17. The molecule has 1 aromatic carbocycles. The van der Waals surface area contributed by atoms with Gasteiger partial charge in [0.1, 0.15) is 12.4 Å². The van der Waals surface area contributed by atoms with Crippen LogP contribution in [0.4, 0.5) is 0 Å². The molecule has 20 heavy (non-hydrogen) atoms. The molecule has 0 saturated carbocycles. The van der Waals surface area contributed by atoms with Crippen molar-refractivity contribution < 1.29 is 4.74 Å². The van der Waals surface area contributed by atoms with Gasteiger partial charge in [0, 0.05) is 18.0 Å². The van der Waals surface area contributed by atoms with E-state index >= 15 is 0 Å². The van der Waals surface area contributed by atoms with E-state index < -0.39 is 0 Å². The molecule has 0 saturated heterocycles. The van der Waals surface area contributed by atoms with Crippen LogP contribution in [0.15, 0.2) is 48.4 Å². The molecule has 2 nitrogen and oxygen atoms in total. The maximum Gasteiger partial charge on any atom is 0.119 e. The molecular weight excluding hydrogens is 266 g/mol. The van der Waals surface area contributed by atoms with Gasteiger partial charge < -0.3 is 10.1 Å². The van der Waals surface area contributed by atoms with Gasteiger partial charge in [-0.2, -0.15) is 0 Å². The smallest absolute Gasteiger partial charge is 0.119 e. The molecular formula is C17H21NOS. The van der Waals surface area contributed by atoms with Crippen LogP contribution in [-0.4, -0.2) is 6.61 Å². The second-order valence-corrected chi connectivity index (χ2v) is 5.57. The molecule has 0 radical (unpaired) electrons. The summed E-state index contributed by atoms with van der Waals surface area (Å²) in [5, 5.41) is 5.66. The van der Waals surface area contributed by atoms with Crippen molar-refractivity contribution in [3.05, 3.63) is 64.4 Å². The fourth-order valence-electron chi connectivity index (χ4n) is 2.02. The Morgan fingerprint density at radius 2 is 2.00 bits per heavy atom. The SMILES string of the molecule is C=CCOc1ccc(CNCc2sccc2CC)cc1. The third-order valence-electron chi connectivity index (χ3n) is 3.12. The maximum atomic E-state index is 5.47. The molecule has 0 fully saturated rings. The van der Waals surface area contributed by atoms with Crippen LogP contribution in [0.25, 0.3) is 0 Å². The largest absolute Gasteiger partial charge is 0.490 e. The second-order valence-electron chi connectivity index (χ2n) is 4.57. The molecule has 1 aromatic heterocycles. The van der Waals surface area contributed by atoms with Crippen LogP contribution >= 0.6 is 11.3 Å². The lowest BCUT2D eigenvalue weighted by atomic mass is 10.2. The van der Waals surface area contributed by atoms with Gasteiger partial charge in [-0.05, 0) is 41.1 Å². The predicted molar refractivity (Wildman–Crippen MR) is 86.4 cm³/mol. The minimum atomic E-state index is 0.551. The van der Waals surface area contributed by atoms with Gasteiger partial charge in [0.05, 0.1) is 0 Å². The van der Waals surface area contributed by atoms with Crippen molar-refractivity contribution in [3.8, 4) is 5.75 Å². The third-order valence-corrected chi connectivity index (χ3v) is 4.09. The zero-order valence-corrected chi connectivity index (χ0v) is 12.7. The summed E-state index contributed by atoms with van der Waals surface area (Å²) in [6.07, 6.45) is 2.86. The number of hydrogen-bond donors (Lipinski definition) is 1. The molecule has 2 rings (SSSR count). The van der Waals surface area contributed by atoms with E-state index in [0.717, 1.165) is 25.3 Å². The van der Waals surface area contributed by atoms with Gasteiger partial charge in [-0.25, -0.2) is 0 Å². The summed E-state index contributed by atoms with van der Waals surface area (Å²) in [6, 6.07) is 10.4. The summed E-state index contributed by atoms with van der Waals surface area (Å²) in [6.45, 7) is 8.21. The normalized spacial score (nSPS) is 10.4. The molecule has 1 N–H and O–H groups in total. The highest BCUT2D eigenvalue weighted by molar-refractivity contribution is 7.10.